The lowest BCUT2D eigenvalue weighted by Crippen LogP contribution is -2.66. The summed E-state index contributed by atoms with van der Waals surface area (Å²) in [4.78, 5) is 68.3. The number of carbonyl (C=O) groups is 5. The Kier molecular flexibility index (Phi) is 24.1. The van der Waals surface area contributed by atoms with Crippen LogP contribution in [0, 0.1) is 11.8 Å². The molecule has 0 saturated carbocycles. The van der Waals surface area contributed by atoms with E-state index in [9.17, 15) is 34.2 Å². The van der Waals surface area contributed by atoms with E-state index in [1.54, 1.807) is 53.6 Å². The topological polar surface area (TPSA) is 215 Å². The number of unbranched alkanes of at least 4 members (excludes halogenated alkanes) is 1. The summed E-state index contributed by atoms with van der Waals surface area (Å²) in [7, 11) is 4.91. The summed E-state index contributed by atoms with van der Waals surface area (Å²) in [6.07, 6.45) is -7.31. The third-order valence-electron chi connectivity index (χ3n) is 13.9. The number of aliphatic hydroxyl groups is 2. The zero-order valence-corrected chi connectivity index (χ0v) is 43.5. The van der Waals surface area contributed by atoms with Gasteiger partial charge in [-0.2, -0.15) is 0 Å². The van der Waals surface area contributed by atoms with Crippen LogP contribution in [0.1, 0.15) is 125 Å². The van der Waals surface area contributed by atoms with Gasteiger partial charge in [-0.05, 0) is 111 Å². The molecular formula is C52H84N2O16. The Labute approximate surface area is 415 Å². The molecular weight excluding hydrogens is 909 g/mol. The van der Waals surface area contributed by atoms with E-state index in [-0.39, 0.29) is 44.4 Å². The first-order valence-corrected chi connectivity index (χ1v) is 25.4. The molecule has 18 heteroatoms. The number of hydrogen-bond donors (Lipinski definition) is 2. The molecule has 2 N–H and O–H groups in total. The first-order chi connectivity index (χ1) is 33.2. The summed E-state index contributed by atoms with van der Waals surface area (Å²) in [5, 5.41) is 24.3. The minimum Gasteiger partial charge on any atom is -0.463 e. The molecule has 3 aliphatic heterocycles. The molecule has 70 heavy (non-hydrogen) atoms. The van der Waals surface area contributed by atoms with Crippen molar-refractivity contribution in [1.82, 2.24) is 9.80 Å². The van der Waals surface area contributed by atoms with Gasteiger partial charge in [0.25, 0.3) is 0 Å². The number of esters is 4. The summed E-state index contributed by atoms with van der Waals surface area (Å²) in [5.41, 5.74) is -0.0538. The number of cyclic esters (lactones) is 1. The number of rotatable bonds is 18. The highest BCUT2D eigenvalue weighted by Crippen LogP contribution is 2.39. The molecule has 16 atom stereocenters. The Balaban J connectivity index is 1.66. The van der Waals surface area contributed by atoms with Crippen LogP contribution in [0.3, 0.4) is 0 Å². The largest absolute Gasteiger partial charge is 0.463 e. The smallest absolute Gasteiger partial charge is 0.309 e. The highest BCUT2D eigenvalue weighted by atomic mass is 16.7. The number of aldehydes is 1. The number of β-amino-alcohol motifs (C(OH)–C–C–N with tert-alkyl or cyclic N) is 1. The van der Waals surface area contributed by atoms with E-state index in [1.165, 1.54) is 19.6 Å². The summed E-state index contributed by atoms with van der Waals surface area (Å²) in [6.45, 7) is 15.2. The molecule has 5 unspecified atom stereocenters. The maximum absolute atomic E-state index is 13.7. The Morgan fingerprint density at radius 3 is 2.24 bits per heavy atom. The Morgan fingerprint density at radius 2 is 1.61 bits per heavy atom. The second-order valence-electron chi connectivity index (χ2n) is 19.9. The minimum absolute atomic E-state index is 0.00438. The molecule has 4 rings (SSSR count). The van der Waals surface area contributed by atoms with Crippen LogP contribution in [0.25, 0.3) is 0 Å². The van der Waals surface area contributed by atoms with Crippen molar-refractivity contribution in [3.05, 3.63) is 35.9 Å². The summed E-state index contributed by atoms with van der Waals surface area (Å²) in [5.74, 6) is -3.37. The predicted molar refractivity (Wildman–Crippen MR) is 257 cm³/mol. The van der Waals surface area contributed by atoms with Crippen molar-refractivity contribution < 1.29 is 76.8 Å². The van der Waals surface area contributed by atoms with Crippen LogP contribution in [-0.2, 0) is 73.0 Å². The third-order valence-corrected chi connectivity index (χ3v) is 13.9. The average Bonchev–Trinajstić information content (AvgIpc) is 3.29. The van der Waals surface area contributed by atoms with E-state index < -0.39 is 115 Å². The Morgan fingerprint density at radius 1 is 0.929 bits per heavy atom. The van der Waals surface area contributed by atoms with Gasteiger partial charge in [0, 0.05) is 46.3 Å². The van der Waals surface area contributed by atoms with Crippen LogP contribution in [0.4, 0.5) is 0 Å². The molecule has 1 aromatic carbocycles. The standard InChI is InChI=1S/C52H84N2O16/c1-12-41(58)66-40-29-43(60)63-33(4)20-19-26-54(25-18-17-23-37-21-15-14-16-22-37)31-39(57)32(3)28-38(24-27-55)48(49(40)62-11)69-51-46(61)45(53(9)10)47(34(5)65-51)68-44-30-52(8,70-36(7)56)50(35(6)64-44)67-42(59)13-2/h14-16,21-22,27,32-35,38-40,44-51,57,61H,12-13,17-20,23-26,28-31H2,1-11H3/t32-,33-,34?,35?,38+,39+,40-,44+,45?,46?,47-,48+,49+,50+,51+,52?/m1/s1. The van der Waals surface area contributed by atoms with Crippen LogP contribution in [0.2, 0.25) is 0 Å². The van der Waals surface area contributed by atoms with Gasteiger partial charge in [-0.3, -0.25) is 19.2 Å². The van der Waals surface area contributed by atoms with E-state index in [4.69, 9.17) is 42.6 Å². The Bertz CT molecular complexity index is 1770. The van der Waals surface area contributed by atoms with Crippen LogP contribution < -0.4 is 0 Å². The minimum atomic E-state index is -1.43. The summed E-state index contributed by atoms with van der Waals surface area (Å²) in [6, 6.07) is 9.50. The van der Waals surface area contributed by atoms with Crippen molar-refractivity contribution in [1.29, 1.82) is 0 Å². The van der Waals surface area contributed by atoms with E-state index in [0.29, 0.717) is 25.9 Å². The number of aryl methyl sites for hydroxylation is 1. The number of ether oxygens (including phenoxy) is 9. The van der Waals surface area contributed by atoms with Gasteiger partial charge in [-0.25, -0.2) is 0 Å². The lowest BCUT2D eigenvalue weighted by Gasteiger charge is -2.50. The second-order valence-corrected chi connectivity index (χ2v) is 19.9. The van der Waals surface area contributed by atoms with Gasteiger partial charge in [0.1, 0.15) is 30.7 Å². The van der Waals surface area contributed by atoms with Gasteiger partial charge in [-0.1, -0.05) is 51.1 Å². The van der Waals surface area contributed by atoms with Crippen molar-refractivity contribution >= 4 is 30.2 Å². The van der Waals surface area contributed by atoms with E-state index >= 15 is 0 Å². The van der Waals surface area contributed by atoms with Gasteiger partial charge < -0.3 is 67.4 Å². The molecule has 18 nitrogen and oxygen atoms in total. The van der Waals surface area contributed by atoms with Crippen molar-refractivity contribution in [2.45, 2.75) is 211 Å². The molecule has 0 aliphatic carbocycles. The van der Waals surface area contributed by atoms with E-state index in [2.05, 4.69) is 17.0 Å². The first kappa shape index (κ1) is 59.0. The second kappa shape index (κ2) is 28.6. The van der Waals surface area contributed by atoms with Gasteiger partial charge in [0.2, 0.25) is 0 Å². The van der Waals surface area contributed by atoms with E-state index in [0.717, 1.165) is 32.1 Å². The summed E-state index contributed by atoms with van der Waals surface area (Å²) < 4.78 is 55.7. The third kappa shape index (κ3) is 17.3. The molecule has 0 bridgehead atoms. The number of nitrogens with zero attached hydrogens (tertiary/aromatic N) is 2. The first-order valence-electron chi connectivity index (χ1n) is 25.4. The zero-order valence-electron chi connectivity index (χ0n) is 43.5. The quantitative estimate of drug-likeness (QED) is 0.0862. The van der Waals surface area contributed by atoms with Crippen LogP contribution in [0.15, 0.2) is 30.3 Å². The fourth-order valence-corrected chi connectivity index (χ4v) is 10.2. The lowest BCUT2D eigenvalue weighted by atomic mass is 9.82. The highest BCUT2D eigenvalue weighted by Gasteiger charge is 2.54. The van der Waals surface area contributed by atoms with Gasteiger partial charge in [0.05, 0.1) is 43.0 Å². The van der Waals surface area contributed by atoms with Crippen molar-refractivity contribution in [2.75, 3.05) is 40.8 Å². The van der Waals surface area contributed by atoms with E-state index in [1.807, 2.05) is 32.0 Å². The fourth-order valence-electron chi connectivity index (χ4n) is 10.2. The number of carbonyl (C=O) groups excluding carboxylic acids is 5. The number of methoxy groups -OCH3 is 1. The van der Waals surface area contributed by atoms with Gasteiger partial charge >= 0.3 is 23.9 Å². The fraction of sp³-hybridized carbons (Fsp3) is 0.788. The molecule has 3 saturated heterocycles. The maximum atomic E-state index is 13.7. The average molecular weight is 993 g/mol. The number of hydrogen-bond acceptors (Lipinski definition) is 18. The summed E-state index contributed by atoms with van der Waals surface area (Å²) >= 11 is 0. The highest BCUT2D eigenvalue weighted by molar-refractivity contribution is 5.73. The van der Waals surface area contributed by atoms with Crippen molar-refractivity contribution in [3.63, 3.8) is 0 Å². The molecule has 1 aromatic rings. The molecule has 0 radical (unpaired) electrons. The molecule has 3 fully saturated rings. The molecule has 0 amide bonds. The molecule has 3 aliphatic rings. The predicted octanol–water partition coefficient (Wildman–Crippen LogP) is 4.94. The molecule has 398 valence electrons. The van der Waals surface area contributed by atoms with Crippen LogP contribution >= 0.6 is 0 Å². The number of aliphatic hydroxyl groups excluding tert-OH is 2. The monoisotopic (exact) mass is 993 g/mol. The van der Waals surface area contributed by atoms with Gasteiger partial charge in [0.15, 0.2) is 24.3 Å². The lowest BCUT2D eigenvalue weighted by molar-refractivity contribution is -0.344. The Hall–Kier alpha value is -3.59. The van der Waals surface area contributed by atoms with Crippen molar-refractivity contribution in [2.24, 2.45) is 11.8 Å². The normalized spacial score (nSPS) is 35.3. The molecule has 0 spiro atoms. The zero-order chi connectivity index (χ0) is 51.7. The van der Waals surface area contributed by atoms with Crippen molar-refractivity contribution in [3.8, 4) is 0 Å². The van der Waals surface area contributed by atoms with Crippen LogP contribution in [-0.4, -0.2) is 176 Å². The molecule has 3 heterocycles. The van der Waals surface area contributed by atoms with Gasteiger partial charge in [-0.15, -0.1) is 0 Å². The SMILES string of the molecule is CCC(=O)O[C@@H]1CC(=O)O[C@H](C)CCCN(CCCCc2ccccc2)C[C@H](O)[C@H](C)C[C@H](CC=O)[C@H](O[C@@H]2OC(C)[C@@H](O[C@H]3CC(C)(OC(C)=O)[C@@H](OC(=O)CC)C(C)O3)C(N(C)C)C2O)[C@H]1OC. The molecule has 0 aromatic heterocycles. The number of likely N-dealkylation sites (N-methyl/N-ethyl adjacent to an activating group) is 1. The van der Waals surface area contributed by atoms with Crippen LogP contribution in [0.5, 0.6) is 0 Å². The maximum Gasteiger partial charge on any atom is 0.309 e. The number of benzene rings is 1.